The summed E-state index contributed by atoms with van der Waals surface area (Å²) in [6, 6.07) is 13.5. The van der Waals surface area contributed by atoms with Crippen LogP contribution in [0.2, 0.25) is 0 Å². The fraction of sp³-hybridized carbons (Fsp3) is 0.300. The van der Waals surface area contributed by atoms with Crippen LogP contribution in [0.5, 0.6) is 5.75 Å². The summed E-state index contributed by atoms with van der Waals surface area (Å²) in [5.41, 5.74) is 1.65. The zero-order valence-corrected chi connectivity index (χ0v) is 14.6. The van der Waals surface area contributed by atoms with E-state index < -0.39 is 6.10 Å². The minimum Gasteiger partial charge on any atom is -0.479 e. The molecule has 2 aromatic rings. The number of anilines is 1. The summed E-state index contributed by atoms with van der Waals surface area (Å²) < 4.78 is 18.5. The molecule has 1 atom stereocenters. The Morgan fingerprint density at radius 2 is 1.92 bits per heavy atom. The van der Waals surface area contributed by atoms with E-state index in [0.717, 1.165) is 5.56 Å². The van der Waals surface area contributed by atoms with E-state index >= 15 is 0 Å². The molecule has 2 amide bonds. The molecule has 2 aromatic carbocycles. The molecule has 0 saturated carbocycles. The number of benzene rings is 2. The Morgan fingerprint density at radius 3 is 2.69 bits per heavy atom. The van der Waals surface area contributed by atoms with Crippen LogP contribution in [0, 0.1) is 5.82 Å². The van der Waals surface area contributed by atoms with Gasteiger partial charge in [-0.2, -0.15) is 0 Å². The van der Waals surface area contributed by atoms with Gasteiger partial charge in [-0.1, -0.05) is 24.3 Å². The van der Waals surface area contributed by atoms with Crippen LogP contribution in [-0.2, 0) is 16.0 Å². The lowest BCUT2D eigenvalue weighted by Gasteiger charge is -2.32. The van der Waals surface area contributed by atoms with Gasteiger partial charge in [0.2, 0.25) is 5.91 Å². The minimum absolute atomic E-state index is 0.128. The van der Waals surface area contributed by atoms with Crippen LogP contribution in [-0.4, -0.2) is 31.0 Å². The molecule has 6 heteroatoms. The monoisotopic (exact) mass is 356 g/mol. The number of carbonyl (C=O) groups is 2. The summed E-state index contributed by atoms with van der Waals surface area (Å²) in [6.07, 6.45) is 0.268. The summed E-state index contributed by atoms with van der Waals surface area (Å²) in [5.74, 6) is 0.0955. The van der Waals surface area contributed by atoms with E-state index in [1.165, 1.54) is 12.1 Å². The lowest BCUT2D eigenvalue weighted by atomic mass is 10.1. The number of nitrogens with one attached hydrogen (secondary N) is 1. The Balaban J connectivity index is 1.51. The number of hydrogen-bond donors (Lipinski definition) is 1. The summed E-state index contributed by atoms with van der Waals surface area (Å²) in [5, 5.41) is 2.83. The van der Waals surface area contributed by atoms with Gasteiger partial charge in [0.15, 0.2) is 6.10 Å². The molecule has 0 bridgehead atoms. The summed E-state index contributed by atoms with van der Waals surface area (Å²) in [6.45, 7) is 2.47. The molecule has 5 nitrogen and oxygen atoms in total. The van der Waals surface area contributed by atoms with Crippen molar-refractivity contribution in [1.29, 1.82) is 0 Å². The molecule has 1 N–H and O–H groups in total. The van der Waals surface area contributed by atoms with Gasteiger partial charge in [0.25, 0.3) is 5.91 Å². The fourth-order valence-electron chi connectivity index (χ4n) is 2.89. The second kappa shape index (κ2) is 7.99. The van der Waals surface area contributed by atoms with Crippen LogP contribution < -0.4 is 15.0 Å². The van der Waals surface area contributed by atoms with Crippen LogP contribution in [0.4, 0.5) is 10.1 Å². The van der Waals surface area contributed by atoms with E-state index in [-0.39, 0.29) is 24.1 Å². The normalized spacial score (nSPS) is 16.0. The van der Waals surface area contributed by atoms with Crippen LogP contribution in [0.1, 0.15) is 18.9 Å². The Morgan fingerprint density at radius 1 is 1.19 bits per heavy atom. The highest BCUT2D eigenvalue weighted by Crippen LogP contribution is 2.33. The first-order valence-electron chi connectivity index (χ1n) is 8.63. The number of rotatable bonds is 6. The SMILES string of the molecule is CC1Oc2ccccc2N(CCC(=O)NCCc2ccc(F)cc2)C1=O. The molecule has 0 radical (unpaired) electrons. The van der Waals surface area contributed by atoms with E-state index in [4.69, 9.17) is 4.74 Å². The number of fused-ring (bicyclic) bond motifs is 1. The number of halogens is 1. The molecule has 1 unspecified atom stereocenters. The van der Waals surface area contributed by atoms with Crippen molar-refractivity contribution in [3.63, 3.8) is 0 Å². The maximum absolute atomic E-state index is 12.9. The zero-order chi connectivity index (χ0) is 18.5. The van der Waals surface area contributed by atoms with Gasteiger partial charge in [-0.25, -0.2) is 4.39 Å². The fourth-order valence-corrected chi connectivity index (χ4v) is 2.89. The molecule has 136 valence electrons. The smallest absolute Gasteiger partial charge is 0.267 e. The molecule has 3 rings (SSSR count). The first kappa shape index (κ1) is 17.9. The first-order valence-corrected chi connectivity index (χ1v) is 8.63. The van der Waals surface area contributed by atoms with Crippen molar-refractivity contribution in [2.75, 3.05) is 18.0 Å². The third kappa shape index (κ3) is 4.20. The van der Waals surface area contributed by atoms with Gasteiger partial charge in [-0.05, 0) is 43.2 Å². The van der Waals surface area contributed by atoms with E-state index in [0.29, 0.717) is 30.9 Å². The molecule has 0 saturated heterocycles. The third-order valence-corrected chi connectivity index (χ3v) is 4.29. The molecule has 1 aliphatic rings. The average molecular weight is 356 g/mol. The lowest BCUT2D eigenvalue weighted by Crippen LogP contribution is -2.45. The summed E-state index contributed by atoms with van der Waals surface area (Å²) in [4.78, 5) is 26.1. The summed E-state index contributed by atoms with van der Waals surface area (Å²) in [7, 11) is 0. The Hall–Kier alpha value is -2.89. The molecular weight excluding hydrogens is 335 g/mol. The highest BCUT2D eigenvalue weighted by molar-refractivity contribution is 6.00. The maximum atomic E-state index is 12.9. The Bertz CT molecular complexity index is 792. The Labute approximate surface area is 151 Å². The van der Waals surface area contributed by atoms with Crippen molar-refractivity contribution in [1.82, 2.24) is 5.32 Å². The van der Waals surface area contributed by atoms with Crippen LogP contribution in [0.25, 0.3) is 0 Å². The summed E-state index contributed by atoms with van der Waals surface area (Å²) >= 11 is 0. The van der Waals surface area contributed by atoms with Gasteiger partial charge in [-0.3, -0.25) is 9.59 Å². The van der Waals surface area contributed by atoms with Crippen molar-refractivity contribution in [3.8, 4) is 5.75 Å². The van der Waals surface area contributed by atoms with E-state index in [1.807, 2.05) is 24.3 Å². The van der Waals surface area contributed by atoms with Crippen molar-refractivity contribution in [2.24, 2.45) is 0 Å². The van der Waals surface area contributed by atoms with Gasteiger partial charge in [-0.15, -0.1) is 0 Å². The zero-order valence-electron chi connectivity index (χ0n) is 14.6. The first-order chi connectivity index (χ1) is 12.5. The molecule has 1 heterocycles. The average Bonchev–Trinajstić information content (AvgIpc) is 2.64. The second-order valence-electron chi connectivity index (χ2n) is 6.19. The minimum atomic E-state index is -0.563. The number of para-hydroxylation sites is 2. The second-order valence-corrected chi connectivity index (χ2v) is 6.19. The molecule has 0 aliphatic carbocycles. The molecular formula is C20H21FN2O3. The molecule has 1 aliphatic heterocycles. The van der Waals surface area contributed by atoms with Crippen molar-refractivity contribution < 1.29 is 18.7 Å². The maximum Gasteiger partial charge on any atom is 0.267 e. The van der Waals surface area contributed by atoms with Crippen molar-refractivity contribution in [3.05, 3.63) is 59.9 Å². The number of amides is 2. The van der Waals surface area contributed by atoms with Crippen molar-refractivity contribution in [2.45, 2.75) is 25.9 Å². The van der Waals surface area contributed by atoms with Crippen LogP contribution >= 0.6 is 0 Å². The molecule has 26 heavy (non-hydrogen) atoms. The number of nitrogens with zero attached hydrogens (tertiary/aromatic N) is 1. The number of hydrogen-bond acceptors (Lipinski definition) is 3. The van der Waals surface area contributed by atoms with Gasteiger partial charge in [0.1, 0.15) is 11.6 Å². The van der Waals surface area contributed by atoms with E-state index in [1.54, 1.807) is 24.0 Å². The highest BCUT2D eigenvalue weighted by atomic mass is 19.1. The predicted molar refractivity (Wildman–Crippen MR) is 96.6 cm³/mol. The van der Waals surface area contributed by atoms with Crippen LogP contribution in [0.15, 0.2) is 48.5 Å². The molecule has 0 spiro atoms. The Kier molecular flexibility index (Phi) is 5.51. The van der Waals surface area contributed by atoms with Crippen LogP contribution in [0.3, 0.4) is 0 Å². The van der Waals surface area contributed by atoms with Crippen molar-refractivity contribution >= 4 is 17.5 Å². The number of ether oxygens (including phenoxy) is 1. The van der Waals surface area contributed by atoms with E-state index in [2.05, 4.69) is 5.32 Å². The largest absolute Gasteiger partial charge is 0.479 e. The quantitative estimate of drug-likeness (QED) is 0.866. The topological polar surface area (TPSA) is 58.6 Å². The van der Waals surface area contributed by atoms with Gasteiger partial charge < -0.3 is 15.0 Å². The lowest BCUT2D eigenvalue weighted by molar-refractivity contribution is -0.125. The van der Waals surface area contributed by atoms with Gasteiger partial charge in [0, 0.05) is 19.5 Å². The predicted octanol–water partition coefficient (Wildman–Crippen LogP) is 2.69. The molecule has 0 aromatic heterocycles. The molecule has 0 fully saturated rings. The van der Waals surface area contributed by atoms with Gasteiger partial charge in [0.05, 0.1) is 5.69 Å². The van der Waals surface area contributed by atoms with Gasteiger partial charge >= 0.3 is 0 Å². The highest BCUT2D eigenvalue weighted by Gasteiger charge is 2.31. The standard InChI is InChI=1S/C20H21FN2O3/c1-14-20(25)23(17-4-2-3-5-18(17)26-14)13-11-19(24)22-12-10-15-6-8-16(21)9-7-15/h2-9,14H,10-13H2,1H3,(H,22,24). The van der Waals surface area contributed by atoms with E-state index in [9.17, 15) is 14.0 Å². The number of carbonyl (C=O) groups excluding carboxylic acids is 2. The third-order valence-electron chi connectivity index (χ3n) is 4.29.